The molecule has 0 unspecified atom stereocenters. The summed E-state index contributed by atoms with van der Waals surface area (Å²) in [6.45, 7) is 0. The lowest BCUT2D eigenvalue weighted by molar-refractivity contribution is 0.403. The predicted molar refractivity (Wildman–Crippen MR) is 75.3 cm³/mol. The lowest BCUT2D eigenvalue weighted by Crippen LogP contribution is -2.13. The standard InChI is InChI=1S/C13H12ClNO3S/c1-18-12-7-2-3-8-13(12)19(16,17)15-11-6-4-5-10(14)9-11/h2-9,15H,1H3. The first-order chi connectivity index (χ1) is 9.03. The zero-order chi connectivity index (χ0) is 13.9. The number of rotatable bonds is 4. The molecule has 6 heteroatoms. The Morgan fingerprint density at radius 2 is 1.84 bits per heavy atom. The number of hydrogen-bond acceptors (Lipinski definition) is 3. The van der Waals surface area contributed by atoms with E-state index < -0.39 is 10.0 Å². The average molecular weight is 298 g/mol. The number of hydrogen-bond donors (Lipinski definition) is 1. The van der Waals surface area contributed by atoms with Crippen LogP contribution < -0.4 is 9.46 Å². The molecule has 0 spiro atoms. The van der Waals surface area contributed by atoms with Crippen LogP contribution >= 0.6 is 11.6 Å². The minimum atomic E-state index is -3.71. The number of sulfonamides is 1. The van der Waals surface area contributed by atoms with Gasteiger partial charge in [0, 0.05) is 5.02 Å². The number of para-hydroxylation sites is 1. The third-order valence-electron chi connectivity index (χ3n) is 2.44. The number of halogens is 1. The Balaban J connectivity index is 2.38. The predicted octanol–water partition coefficient (Wildman–Crippen LogP) is 3.15. The minimum absolute atomic E-state index is 0.0810. The molecule has 0 aliphatic carbocycles. The van der Waals surface area contributed by atoms with Crippen molar-refractivity contribution in [2.24, 2.45) is 0 Å². The van der Waals surface area contributed by atoms with E-state index in [0.717, 1.165) is 0 Å². The Morgan fingerprint density at radius 1 is 1.11 bits per heavy atom. The van der Waals surface area contributed by atoms with Gasteiger partial charge in [-0.25, -0.2) is 8.42 Å². The fraction of sp³-hybridized carbons (Fsp3) is 0.0769. The summed E-state index contributed by atoms with van der Waals surface area (Å²) in [7, 11) is -2.28. The summed E-state index contributed by atoms with van der Waals surface area (Å²) < 4.78 is 32.0. The van der Waals surface area contributed by atoms with Gasteiger partial charge in [-0.3, -0.25) is 4.72 Å². The van der Waals surface area contributed by atoms with Crippen molar-refractivity contribution >= 4 is 27.3 Å². The first-order valence-electron chi connectivity index (χ1n) is 5.44. The second-order valence-electron chi connectivity index (χ2n) is 3.77. The first-order valence-corrected chi connectivity index (χ1v) is 7.30. The molecule has 0 heterocycles. The van der Waals surface area contributed by atoms with E-state index in [0.29, 0.717) is 10.7 Å². The number of methoxy groups -OCH3 is 1. The van der Waals surface area contributed by atoms with Gasteiger partial charge in [0.15, 0.2) is 0 Å². The second kappa shape index (κ2) is 5.50. The molecular weight excluding hydrogens is 286 g/mol. The monoisotopic (exact) mass is 297 g/mol. The van der Waals surface area contributed by atoms with E-state index in [2.05, 4.69) is 4.72 Å². The summed E-state index contributed by atoms with van der Waals surface area (Å²) in [5, 5.41) is 0.459. The van der Waals surface area contributed by atoms with E-state index in [1.54, 1.807) is 36.4 Å². The SMILES string of the molecule is COc1ccccc1S(=O)(=O)Nc1cccc(Cl)c1. The number of anilines is 1. The molecule has 0 atom stereocenters. The van der Waals surface area contributed by atoms with Gasteiger partial charge in [-0.2, -0.15) is 0 Å². The third kappa shape index (κ3) is 3.19. The van der Waals surface area contributed by atoms with Gasteiger partial charge in [-0.15, -0.1) is 0 Å². The highest BCUT2D eigenvalue weighted by atomic mass is 35.5. The van der Waals surface area contributed by atoms with Crippen LogP contribution in [0.15, 0.2) is 53.4 Å². The van der Waals surface area contributed by atoms with Crippen molar-refractivity contribution in [1.29, 1.82) is 0 Å². The fourth-order valence-electron chi connectivity index (χ4n) is 1.60. The van der Waals surface area contributed by atoms with Crippen LogP contribution in [0.1, 0.15) is 0 Å². The van der Waals surface area contributed by atoms with Crippen molar-refractivity contribution in [1.82, 2.24) is 0 Å². The van der Waals surface area contributed by atoms with E-state index in [-0.39, 0.29) is 10.6 Å². The summed E-state index contributed by atoms with van der Waals surface area (Å²) >= 11 is 5.82. The molecule has 0 aromatic heterocycles. The lowest BCUT2D eigenvalue weighted by atomic mass is 10.3. The van der Waals surface area contributed by atoms with Gasteiger partial charge in [0.25, 0.3) is 10.0 Å². The largest absolute Gasteiger partial charge is 0.495 e. The summed E-state index contributed by atoms with van der Waals surface area (Å²) in [6, 6.07) is 12.9. The summed E-state index contributed by atoms with van der Waals surface area (Å²) in [5.74, 6) is 0.289. The van der Waals surface area contributed by atoms with E-state index in [1.165, 1.54) is 19.2 Å². The number of ether oxygens (including phenoxy) is 1. The molecule has 1 N–H and O–H groups in total. The Bertz CT molecular complexity index is 686. The molecular formula is C13H12ClNO3S. The maximum Gasteiger partial charge on any atom is 0.265 e. The number of nitrogens with one attached hydrogen (secondary N) is 1. The van der Waals surface area contributed by atoms with E-state index in [9.17, 15) is 8.42 Å². The van der Waals surface area contributed by atoms with Crippen LogP contribution in [-0.4, -0.2) is 15.5 Å². The zero-order valence-electron chi connectivity index (χ0n) is 10.1. The van der Waals surface area contributed by atoms with E-state index >= 15 is 0 Å². The molecule has 0 aliphatic rings. The Hall–Kier alpha value is -1.72. The molecule has 4 nitrogen and oxygen atoms in total. The Labute approximate surface area is 117 Å². The van der Waals surface area contributed by atoms with E-state index in [1.807, 2.05) is 0 Å². The van der Waals surface area contributed by atoms with Crippen LogP contribution in [0.4, 0.5) is 5.69 Å². The molecule has 2 aromatic carbocycles. The van der Waals surface area contributed by atoms with Crippen LogP contribution in [0.2, 0.25) is 5.02 Å². The average Bonchev–Trinajstić information content (AvgIpc) is 2.38. The quantitative estimate of drug-likeness (QED) is 0.943. The molecule has 19 heavy (non-hydrogen) atoms. The highest BCUT2D eigenvalue weighted by Crippen LogP contribution is 2.25. The molecule has 0 fully saturated rings. The van der Waals surface area contributed by atoms with Crippen LogP contribution in [-0.2, 0) is 10.0 Å². The second-order valence-corrected chi connectivity index (χ2v) is 5.85. The molecule has 0 saturated heterocycles. The molecule has 0 saturated carbocycles. The van der Waals surface area contributed by atoms with Gasteiger partial charge in [0.2, 0.25) is 0 Å². The highest BCUT2D eigenvalue weighted by Gasteiger charge is 2.18. The van der Waals surface area contributed by atoms with Crippen molar-refractivity contribution in [3.8, 4) is 5.75 Å². The maximum atomic E-state index is 12.3. The van der Waals surface area contributed by atoms with Crippen LogP contribution in [0.3, 0.4) is 0 Å². The van der Waals surface area contributed by atoms with Gasteiger partial charge in [-0.1, -0.05) is 29.8 Å². The summed E-state index contributed by atoms with van der Waals surface area (Å²) in [4.78, 5) is 0.0810. The molecule has 0 amide bonds. The van der Waals surface area contributed by atoms with Gasteiger partial charge in [0.05, 0.1) is 12.8 Å². The maximum absolute atomic E-state index is 12.3. The molecule has 2 aromatic rings. The highest BCUT2D eigenvalue weighted by molar-refractivity contribution is 7.92. The molecule has 100 valence electrons. The van der Waals surface area contributed by atoms with Crippen LogP contribution in [0.5, 0.6) is 5.75 Å². The van der Waals surface area contributed by atoms with Crippen molar-refractivity contribution in [3.63, 3.8) is 0 Å². The molecule has 2 rings (SSSR count). The van der Waals surface area contributed by atoms with Gasteiger partial charge >= 0.3 is 0 Å². The van der Waals surface area contributed by atoms with Crippen molar-refractivity contribution in [3.05, 3.63) is 53.6 Å². The normalized spacial score (nSPS) is 11.1. The summed E-state index contributed by atoms with van der Waals surface area (Å²) in [5.41, 5.74) is 0.401. The fourth-order valence-corrected chi connectivity index (χ4v) is 3.01. The lowest BCUT2D eigenvalue weighted by Gasteiger charge is -2.11. The van der Waals surface area contributed by atoms with Crippen LogP contribution in [0, 0.1) is 0 Å². The third-order valence-corrected chi connectivity index (χ3v) is 4.09. The summed E-state index contributed by atoms with van der Waals surface area (Å²) in [6.07, 6.45) is 0. The molecule has 0 aliphatic heterocycles. The van der Waals surface area contributed by atoms with Crippen molar-refractivity contribution < 1.29 is 13.2 Å². The zero-order valence-corrected chi connectivity index (χ0v) is 11.7. The van der Waals surface area contributed by atoms with Gasteiger partial charge in [0.1, 0.15) is 10.6 Å². The Morgan fingerprint density at radius 3 is 2.53 bits per heavy atom. The minimum Gasteiger partial charge on any atom is -0.495 e. The molecule has 0 radical (unpaired) electrons. The van der Waals surface area contributed by atoms with Crippen molar-refractivity contribution in [2.75, 3.05) is 11.8 Å². The smallest absolute Gasteiger partial charge is 0.265 e. The Kier molecular flexibility index (Phi) is 3.97. The molecule has 0 bridgehead atoms. The first kappa shape index (κ1) is 13.7. The number of benzene rings is 2. The van der Waals surface area contributed by atoms with E-state index in [4.69, 9.17) is 16.3 Å². The van der Waals surface area contributed by atoms with Gasteiger partial charge in [-0.05, 0) is 30.3 Å². The van der Waals surface area contributed by atoms with Gasteiger partial charge < -0.3 is 4.74 Å². The van der Waals surface area contributed by atoms with Crippen LogP contribution in [0.25, 0.3) is 0 Å². The van der Waals surface area contributed by atoms with Crippen molar-refractivity contribution in [2.45, 2.75) is 4.90 Å². The topological polar surface area (TPSA) is 55.4 Å².